The van der Waals surface area contributed by atoms with Gasteiger partial charge >= 0.3 is 12.3 Å². The number of nitrogens with two attached hydrogens (primary N) is 1. The molecule has 7 nitrogen and oxygen atoms in total. The zero-order chi connectivity index (χ0) is 21.7. The van der Waals surface area contributed by atoms with E-state index in [1.807, 2.05) is 0 Å². The quantitative estimate of drug-likeness (QED) is 0.736. The van der Waals surface area contributed by atoms with E-state index in [-0.39, 0.29) is 24.5 Å². The summed E-state index contributed by atoms with van der Waals surface area (Å²) in [6, 6.07) is -3.74. The van der Waals surface area contributed by atoms with E-state index >= 15 is 0 Å². The number of likely N-dealkylation sites (tertiary alicyclic amines) is 1. The van der Waals surface area contributed by atoms with E-state index in [1.54, 1.807) is 0 Å². The maximum atomic E-state index is 13.4. The number of ether oxygens (including phenoxy) is 2. The summed E-state index contributed by atoms with van der Waals surface area (Å²) in [6.07, 6.45) is -0.824. The average Bonchev–Trinajstić information content (AvgIpc) is 3.34. The monoisotopic (exact) mass is 432 g/mol. The largest absolute Gasteiger partial charge is 0.453 e. The minimum Gasteiger partial charge on any atom is -0.453 e. The van der Waals surface area contributed by atoms with Crippen LogP contribution in [0.15, 0.2) is 12.4 Å². The molecule has 30 heavy (non-hydrogen) atoms. The third-order valence-electron chi connectivity index (χ3n) is 6.71. The number of halogens is 4. The van der Waals surface area contributed by atoms with Gasteiger partial charge in [0.1, 0.15) is 11.9 Å². The Morgan fingerprint density at radius 2 is 2.03 bits per heavy atom. The van der Waals surface area contributed by atoms with E-state index in [1.165, 1.54) is 0 Å². The summed E-state index contributed by atoms with van der Waals surface area (Å²) in [7, 11) is 1.04. The van der Waals surface area contributed by atoms with E-state index in [0.717, 1.165) is 32.3 Å². The smallest absolute Gasteiger partial charge is 0.410 e. The van der Waals surface area contributed by atoms with Crippen molar-refractivity contribution in [2.75, 3.05) is 13.7 Å². The van der Waals surface area contributed by atoms with Crippen molar-refractivity contribution in [1.82, 2.24) is 14.9 Å². The van der Waals surface area contributed by atoms with Gasteiger partial charge in [-0.25, -0.2) is 19.2 Å². The topological polar surface area (TPSA) is 90.6 Å². The van der Waals surface area contributed by atoms with Crippen molar-refractivity contribution in [3.8, 4) is 0 Å². The second-order valence-corrected chi connectivity index (χ2v) is 8.41. The van der Waals surface area contributed by atoms with Gasteiger partial charge < -0.3 is 15.2 Å². The summed E-state index contributed by atoms with van der Waals surface area (Å²) in [4.78, 5) is 20.9. The van der Waals surface area contributed by atoms with Crippen LogP contribution in [-0.4, -0.2) is 65.1 Å². The van der Waals surface area contributed by atoms with E-state index in [9.17, 15) is 22.4 Å². The predicted octanol–water partition coefficient (Wildman–Crippen LogP) is 2.54. The molecule has 4 rings (SSSR count). The van der Waals surface area contributed by atoms with Gasteiger partial charge in [0.05, 0.1) is 38.3 Å². The van der Waals surface area contributed by atoms with Crippen LogP contribution in [0.3, 0.4) is 0 Å². The molecule has 6 atom stereocenters. The molecule has 1 aromatic rings. The van der Waals surface area contributed by atoms with Gasteiger partial charge in [0.2, 0.25) is 0 Å². The zero-order valence-electron chi connectivity index (χ0n) is 16.4. The van der Waals surface area contributed by atoms with Crippen LogP contribution in [0, 0.1) is 11.7 Å². The fourth-order valence-electron chi connectivity index (χ4n) is 5.02. The minimum atomic E-state index is -4.59. The molecule has 3 unspecified atom stereocenters. The number of hydrogen-bond acceptors (Lipinski definition) is 6. The highest BCUT2D eigenvalue weighted by atomic mass is 19.4. The molecule has 0 bridgehead atoms. The summed E-state index contributed by atoms with van der Waals surface area (Å²) in [5.41, 5.74) is 5.78. The molecular weight excluding hydrogens is 408 g/mol. The standard InChI is InChI=1S/C19H24F4N4O3/c1-29-17(28)27-14(13(24)5-15(27)19(21,22)23)9-30-12-2-3-18(6-10(18)4-12)16-25-7-11(20)8-26-16/h7-8,10,12-15H,2-6,9,24H2,1H3/t10?,12?,13-,14-,15-,18?/m0/s1. The molecule has 1 amide bonds. The number of methoxy groups -OCH3 is 1. The molecule has 2 N–H and O–H groups in total. The van der Waals surface area contributed by atoms with Crippen LogP contribution in [0.1, 0.15) is 37.9 Å². The number of aromatic nitrogens is 2. The van der Waals surface area contributed by atoms with Crippen molar-refractivity contribution in [2.45, 2.75) is 67.9 Å². The third-order valence-corrected chi connectivity index (χ3v) is 6.71. The van der Waals surface area contributed by atoms with Crippen LogP contribution in [0.4, 0.5) is 22.4 Å². The Labute approximate surface area is 170 Å². The number of fused-ring (bicyclic) bond motifs is 1. The van der Waals surface area contributed by atoms with Crippen molar-refractivity contribution < 1.29 is 31.8 Å². The summed E-state index contributed by atoms with van der Waals surface area (Å²) in [5, 5.41) is 0. The van der Waals surface area contributed by atoms with E-state index in [4.69, 9.17) is 10.5 Å². The fourth-order valence-corrected chi connectivity index (χ4v) is 5.02. The van der Waals surface area contributed by atoms with Crippen LogP contribution in [0.5, 0.6) is 0 Å². The summed E-state index contributed by atoms with van der Waals surface area (Å²) >= 11 is 0. The summed E-state index contributed by atoms with van der Waals surface area (Å²) in [5.74, 6) is 0.443. The van der Waals surface area contributed by atoms with Crippen LogP contribution in [0.25, 0.3) is 0 Å². The number of nitrogens with zero attached hydrogens (tertiary/aromatic N) is 3. The Hall–Kier alpha value is -2.01. The number of hydrogen-bond donors (Lipinski definition) is 1. The number of alkyl halides is 3. The Morgan fingerprint density at radius 1 is 1.33 bits per heavy atom. The summed E-state index contributed by atoms with van der Waals surface area (Å²) < 4.78 is 63.6. The fraction of sp³-hybridized carbons (Fsp3) is 0.737. The molecule has 2 aliphatic carbocycles. The van der Waals surface area contributed by atoms with Crippen molar-refractivity contribution in [1.29, 1.82) is 0 Å². The Bertz CT molecular complexity index is 793. The lowest BCUT2D eigenvalue weighted by Gasteiger charge is -2.33. The highest BCUT2D eigenvalue weighted by Gasteiger charge is 2.60. The van der Waals surface area contributed by atoms with E-state index in [2.05, 4.69) is 14.7 Å². The number of rotatable bonds is 4. The number of carbonyl (C=O) groups excluding carboxylic acids is 1. The molecule has 1 aliphatic heterocycles. The van der Waals surface area contributed by atoms with Gasteiger partial charge in [-0.15, -0.1) is 0 Å². The van der Waals surface area contributed by atoms with Crippen LogP contribution >= 0.6 is 0 Å². The maximum Gasteiger partial charge on any atom is 0.410 e. The van der Waals surface area contributed by atoms with E-state index in [0.29, 0.717) is 29.5 Å². The highest BCUT2D eigenvalue weighted by molar-refractivity contribution is 5.69. The summed E-state index contributed by atoms with van der Waals surface area (Å²) in [6.45, 7) is -0.0831. The second-order valence-electron chi connectivity index (χ2n) is 8.41. The lowest BCUT2D eigenvalue weighted by molar-refractivity contribution is -0.175. The molecule has 0 spiro atoms. The van der Waals surface area contributed by atoms with Gasteiger partial charge in [0, 0.05) is 11.5 Å². The Kier molecular flexibility index (Phi) is 5.38. The SMILES string of the molecule is COC(=O)N1[C@H](C(F)(F)F)C[C@H](N)[C@@H]1COC1CCC2(c3ncc(F)cn3)CC2C1. The van der Waals surface area contributed by atoms with Crippen molar-refractivity contribution in [3.05, 3.63) is 24.0 Å². The molecule has 2 heterocycles. The molecule has 1 saturated heterocycles. The first kappa shape index (κ1) is 21.2. The highest BCUT2D eigenvalue weighted by Crippen LogP contribution is 2.61. The van der Waals surface area contributed by atoms with Crippen LogP contribution in [0.2, 0.25) is 0 Å². The van der Waals surface area contributed by atoms with E-state index < -0.39 is 36.2 Å². The van der Waals surface area contributed by atoms with Gasteiger partial charge in [-0.05, 0) is 38.0 Å². The van der Waals surface area contributed by atoms with Gasteiger partial charge in [0.15, 0.2) is 5.82 Å². The lowest BCUT2D eigenvalue weighted by atomic mass is 9.86. The first-order chi connectivity index (χ1) is 14.2. The Balaban J connectivity index is 1.37. The van der Waals surface area contributed by atoms with Crippen LogP contribution < -0.4 is 5.73 Å². The third kappa shape index (κ3) is 3.73. The predicted molar refractivity (Wildman–Crippen MR) is 95.8 cm³/mol. The second kappa shape index (κ2) is 7.60. The van der Waals surface area contributed by atoms with Gasteiger partial charge in [-0.2, -0.15) is 13.2 Å². The minimum absolute atomic E-state index is 0.0831. The van der Waals surface area contributed by atoms with Crippen molar-refractivity contribution in [3.63, 3.8) is 0 Å². The molecule has 11 heteroatoms. The van der Waals surface area contributed by atoms with Crippen molar-refractivity contribution >= 4 is 6.09 Å². The lowest BCUT2D eigenvalue weighted by Crippen LogP contribution is -2.51. The first-order valence-electron chi connectivity index (χ1n) is 9.94. The molecule has 3 aliphatic rings. The normalized spacial score (nSPS) is 35.8. The zero-order valence-corrected chi connectivity index (χ0v) is 16.4. The van der Waals surface area contributed by atoms with Gasteiger partial charge in [-0.1, -0.05) is 0 Å². The molecule has 3 fully saturated rings. The maximum absolute atomic E-state index is 13.4. The molecule has 2 saturated carbocycles. The molecular formula is C19H24F4N4O3. The first-order valence-corrected chi connectivity index (χ1v) is 9.94. The Morgan fingerprint density at radius 3 is 2.63 bits per heavy atom. The number of carbonyl (C=O) groups is 1. The molecule has 1 aromatic heterocycles. The molecule has 0 radical (unpaired) electrons. The van der Waals surface area contributed by atoms with Gasteiger partial charge in [0.25, 0.3) is 0 Å². The van der Waals surface area contributed by atoms with Crippen molar-refractivity contribution in [2.24, 2.45) is 11.7 Å². The average molecular weight is 432 g/mol. The molecule has 166 valence electrons. The molecule has 0 aromatic carbocycles. The number of amides is 1. The van der Waals surface area contributed by atoms with Gasteiger partial charge in [-0.3, -0.25) is 4.90 Å². The van der Waals surface area contributed by atoms with Crippen LogP contribution in [-0.2, 0) is 14.9 Å².